The standard InChI is InChI=1S/C25H30N4O2S/c1-5-27-13-15-28(16-14-27)23(30)19(4)32-25-26-21-11-7-6-10-20(21)24(31)29(25)22-12-8-9-17(2)18(22)3/h6-12,19H,5,13-16H2,1-4H3. The molecule has 1 aromatic heterocycles. The molecule has 1 unspecified atom stereocenters. The van der Waals surface area contributed by atoms with E-state index in [2.05, 4.69) is 11.8 Å². The molecule has 0 spiro atoms. The summed E-state index contributed by atoms with van der Waals surface area (Å²) in [6.45, 7) is 12.4. The number of likely N-dealkylation sites (N-methyl/N-ethyl adjacent to an activating group) is 1. The lowest BCUT2D eigenvalue weighted by Crippen LogP contribution is -2.50. The first-order valence-corrected chi connectivity index (χ1v) is 12.0. The first-order chi connectivity index (χ1) is 15.4. The van der Waals surface area contributed by atoms with Crippen LogP contribution < -0.4 is 5.56 Å². The van der Waals surface area contributed by atoms with E-state index in [4.69, 9.17) is 4.98 Å². The molecule has 6 nitrogen and oxygen atoms in total. The number of aryl methyl sites for hydroxylation is 1. The van der Waals surface area contributed by atoms with Gasteiger partial charge in [0.25, 0.3) is 5.56 Å². The molecule has 0 saturated carbocycles. The first-order valence-electron chi connectivity index (χ1n) is 11.2. The monoisotopic (exact) mass is 450 g/mol. The second kappa shape index (κ2) is 9.46. The number of fused-ring (bicyclic) bond motifs is 1. The van der Waals surface area contributed by atoms with Gasteiger partial charge >= 0.3 is 0 Å². The third-order valence-corrected chi connectivity index (χ3v) is 7.36. The molecule has 1 atom stereocenters. The molecule has 1 aliphatic heterocycles. The molecule has 2 aromatic carbocycles. The zero-order valence-corrected chi connectivity index (χ0v) is 20.0. The van der Waals surface area contributed by atoms with Gasteiger partial charge in [0.05, 0.1) is 21.8 Å². The van der Waals surface area contributed by atoms with Gasteiger partial charge in [0.1, 0.15) is 0 Å². The van der Waals surface area contributed by atoms with Gasteiger partial charge in [-0.25, -0.2) is 4.98 Å². The van der Waals surface area contributed by atoms with E-state index in [1.165, 1.54) is 11.8 Å². The number of thioether (sulfide) groups is 1. The van der Waals surface area contributed by atoms with Gasteiger partial charge in [0.2, 0.25) is 5.91 Å². The van der Waals surface area contributed by atoms with E-state index in [1.807, 2.05) is 68.1 Å². The van der Waals surface area contributed by atoms with Crippen LogP contribution in [0.4, 0.5) is 0 Å². The van der Waals surface area contributed by atoms with E-state index >= 15 is 0 Å². The molecule has 0 radical (unpaired) electrons. The number of para-hydroxylation sites is 1. The van der Waals surface area contributed by atoms with Gasteiger partial charge in [0.15, 0.2) is 5.16 Å². The highest BCUT2D eigenvalue weighted by Gasteiger charge is 2.27. The normalized spacial score (nSPS) is 15.8. The molecule has 168 valence electrons. The predicted octanol–water partition coefficient (Wildman–Crippen LogP) is 3.65. The van der Waals surface area contributed by atoms with E-state index in [9.17, 15) is 9.59 Å². The average Bonchev–Trinajstić information content (AvgIpc) is 2.81. The first kappa shape index (κ1) is 22.6. The fourth-order valence-electron chi connectivity index (χ4n) is 4.13. The highest BCUT2D eigenvalue weighted by atomic mass is 32.2. The summed E-state index contributed by atoms with van der Waals surface area (Å²) in [4.78, 5) is 35.8. The van der Waals surface area contributed by atoms with Crippen LogP contribution in [0.15, 0.2) is 52.4 Å². The number of benzene rings is 2. The lowest BCUT2D eigenvalue weighted by Gasteiger charge is -2.35. The van der Waals surface area contributed by atoms with Crippen LogP contribution in [0.3, 0.4) is 0 Å². The Balaban J connectivity index is 1.72. The second-order valence-electron chi connectivity index (χ2n) is 8.29. The van der Waals surface area contributed by atoms with E-state index in [-0.39, 0.29) is 16.7 Å². The molecular weight excluding hydrogens is 420 g/mol. The molecule has 1 fully saturated rings. The number of nitrogens with zero attached hydrogens (tertiary/aromatic N) is 4. The lowest BCUT2D eigenvalue weighted by atomic mass is 10.1. The van der Waals surface area contributed by atoms with Crippen molar-refractivity contribution in [2.75, 3.05) is 32.7 Å². The Hall–Kier alpha value is -2.64. The van der Waals surface area contributed by atoms with Gasteiger partial charge in [-0.2, -0.15) is 0 Å². The lowest BCUT2D eigenvalue weighted by molar-refractivity contribution is -0.132. The largest absolute Gasteiger partial charge is 0.339 e. The molecule has 0 N–H and O–H groups in total. The molecule has 0 bridgehead atoms. The SMILES string of the molecule is CCN1CCN(C(=O)C(C)Sc2nc3ccccc3c(=O)n2-c2cccc(C)c2C)CC1. The minimum atomic E-state index is -0.340. The number of aromatic nitrogens is 2. The number of rotatable bonds is 5. The van der Waals surface area contributed by atoms with Crippen molar-refractivity contribution in [2.45, 2.75) is 38.1 Å². The summed E-state index contributed by atoms with van der Waals surface area (Å²) < 4.78 is 1.67. The van der Waals surface area contributed by atoms with Crippen LogP contribution in [-0.4, -0.2) is 63.2 Å². The fourth-order valence-corrected chi connectivity index (χ4v) is 5.14. The van der Waals surface area contributed by atoms with Crippen molar-refractivity contribution in [1.82, 2.24) is 19.4 Å². The predicted molar refractivity (Wildman–Crippen MR) is 131 cm³/mol. The van der Waals surface area contributed by atoms with E-state index in [0.29, 0.717) is 16.1 Å². The maximum Gasteiger partial charge on any atom is 0.266 e. The maximum atomic E-state index is 13.5. The Bertz CT molecular complexity index is 1200. The Kier molecular flexibility index (Phi) is 6.67. The van der Waals surface area contributed by atoms with Crippen LogP contribution in [0.1, 0.15) is 25.0 Å². The fraction of sp³-hybridized carbons (Fsp3) is 0.400. The molecule has 1 aliphatic rings. The highest BCUT2D eigenvalue weighted by molar-refractivity contribution is 8.00. The Morgan fingerprint density at radius 3 is 2.50 bits per heavy atom. The van der Waals surface area contributed by atoms with Crippen LogP contribution in [0.5, 0.6) is 0 Å². The summed E-state index contributed by atoms with van der Waals surface area (Å²) >= 11 is 1.36. The quantitative estimate of drug-likeness (QED) is 0.439. The van der Waals surface area contributed by atoms with Crippen molar-refractivity contribution < 1.29 is 4.79 Å². The van der Waals surface area contributed by atoms with E-state index < -0.39 is 0 Å². The number of carbonyl (C=O) groups excluding carboxylic acids is 1. The zero-order chi connectivity index (χ0) is 22.8. The van der Waals surface area contributed by atoms with Crippen LogP contribution in [0, 0.1) is 13.8 Å². The molecular formula is C25H30N4O2S. The molecule has 7 heteroatoms. The van der Waals surface area contributed by atoms with Crippen molar-refractivity contribution in [3.05, 3.63) is 63.9 Å². The van der Waals surface area contributed by atoms with E-state index in [1.54, 1.807) is 4.57 Å². The molecule has 2 heterocycles. The number of amides is 1. The van der Waals surface area contributed by atoms with Crippen molar-refractivity contribution in [1.29, 1.82) is 0 Å². The second-order valence-corrected chi connectivity index (χ2v) is 9.60. The van der Waals surface area contributed by atoms with Crippen molar-refractivity contribution in [3.8, 4) is 5.69 Å². The van der Waals surface area contributed by atoms with Gasteiger partial charge < -0.3 is 9.80 Å². The number of hydrogen-bond donors (Lipinski definition) is 0. The Labute approximate surface area is 193 Å². The number of carbonyl (C=O) groups is 1. The van der Waals surface area contributed by atoms with Gasteiger partial charge in [-0.05, 0) is 56.6 Å². The van der Waals surface area contributed by atoms with Crippen LogP contribution in [0.2, 0.25) is 0 Å². The summed E-state index contributed by atoms with van der Waals surface area (Å²) in [6, 6.07) is 13.3. The minimum Gasteiger partial charge on any atom is -0.339 e. The number of piperazine rings is 1. The molecule has 0 aliphatic carbocycles. The van der Waals surface area contributed by atoms with Gasteiger partial charge in [0, 0.05) is 26.2 Å². The topological polar surface area (TPSA) is 58.4 Å². The molecule has 32 heavy (non-hydrogen) atoms. The summed E-state index contributed by atoms with van der Waals surface area (Å²) in [5, 5.41) is 0.787. The molecule has 1 amide bonds. The third kappa shape index (κ3) is 4.32. The van der Waals surface area contributed by atoms with Gasteiger partial charge in [-0.1, -0.05) is 43.0 Å². The Morgan fingerprint density at radius 1 is 1.06 bits per heavy atom. The van der Waals surface area contributed by atoms with Gasteiger partial charge in [-0.15, -0.1) is 0 Å². The van der Waals surface area contributed by atoms with Crippen molar-refractivity contribution in [3.63, 3.8) is 0 Å². The molecule has 4 rings (SSSR count). The average molecular weight is 451 g/mol. The summed E-state index contributed by atoms with van der Waals surface area (Å²) in [5.41, 5.74) is 3.49. The smallest absolute Gasteiger partial charge is 0.266 e. The van der Waals surface area contributed by atoms with Crippen molar-refractivity contribution in [2.24, 2.45) is 0 Å². The summed E-state index contributed by atoms with van der Waals surface area (Å²) in [6.07, 6.45) is 0. The third-order valence-electron chi connectivity index (χ3n) is 6.32. The van der Waals surface area contributed by atoms with Crippen LogP contribution >= 0.6 is 11.8 Å². The van der Waals surface area contributed by atoms with Crippen molar-refractivity contribution >= 4 is 28.6 Å². The molecule has 1 saturated heterocycles. The van der Waals surface area contributed by atoms with E-state index in [0.717, 1.165) is 49.5 Å². The summed E-state index contributed by atoms with van der Waals surface area (Å²) in [5.74, 6) is 0.0978. The minimum absolute atomic E-state index is 0.0978. The Morgan fingerprint density at radius 2 is 1.78 bits per heavy atom. The summed E-state index contributed by atoms with van der Waals surface area (Å²) in [7, 11) is 0. The zero-order valence-electron chi connectivity index (χ0n) is 19.2. The maximum absolute atomic E-state index is 13.5. The number of hydrogen-bond acceptors (Lipinski definition) is 5. The van der Waals surface area contributed by atoms with Crippen LogP contribution in [-0.2, 0) is 4.79 Å². The highest BCUT2D eigenvalue weighted by Crippen LogP contribution is 2.28. The molecule has 3 aromatic rings. The van der Waals surface area contributed by atoms with Gasteiger partial charge in [-0.3, -0.25) is 14.2 Å². The van der Waals surface area contributed by atoms with Crippen LogP contribution in [0.25, 0.3) is 16.6 Å².